The number of rotatable bonds is 3. The van der Waals surface area contributed by atoms with Crippen LogP contribution in [0.25, 0.3) is 0 Å². The van der Waals surface area contributed by atoms with E-state index in [1.165, 1.54) is 32.4 Å². The van der Waals surface area contributed by atoms with Crippen LogP contribution in [0.1, 0.15) is 19.3 Å². The molecule has 1 heterocycles. The Labute approximate surface area is 73.7 Å². The number of nitrogens with two attached hydrogens (primary N) is 1. The van der Waals surface area contributed by atoms with Gasteiger partial charge in [-0.25, -0.2) is 0 Å². The highest BCUT2D eigenvalue weighted by atomic mass is 32.1. The summed E-state index contributed by atoms with van der Waals surface area (Å²) >= 11 is 5.07. The minimum atomic E-state index is 0.561. The van der Waals surface area contributed by atoms with Gasteiger partial charge in [-0.05, 0) is 25.9 Å². The van der Waals surface area contributed by atoms with Crippen molar-refractivity contribution in [3.8, 4) is 0 Å². The number of likely N-dealkylation sites (tertiary alicyclic amines) is 1. The second kappa shape index (κ2) is 4.80. The summed E-state index contributed by atoms with van der Waals surface area (Å²) in [5.74, 6) is 0. The molecule has 0 spiro atoms. The first-order valence-electron chi connectivity index (χ1n) is 4.27. The predicted octanol–water partition coefficient (Wildman–Crippen LogP) is 0.801. The maximum absolute atomic E-state index is 5.42. The van der Waals surface area contributed by atoms with Crippen LogP contribution >= 0.6 is 12.2 Å². The van der Waals surface area contributed by atoms with Crippen molar-refractivity contribution in [3.63, 3.8) is 0 Å². The summed E-state index contributed by atoms with van der Waals surface area (Å²) in [6.07, 6.45) is 4.03. The molecule has 0 aromatic carbocycles. The maximum Gasteiger partial charge on any atom is 0.0310 e. The van der Waals surface area contributed by atoms with Gasteiger partial charge in [0.05, 0.1) is 0 Å². The molecular weight excluding hydrogens is 156 g/mol. The molecular formula is C8H16N2S. The van der Waals surface area contributed by atoms with E-state index in [0.29, 0.717) is 6.54 Å². The Morgan fingerprint density at radius 3 is 2.45 bits per heavy atom. The highest BCUT2D eigenvalue weighted by Crippen LogP contribution is 2.07. The Balaban J connectivity index is 2.19. The fraction of sp³-hybridized carbons (Fsp3) is 0.875. The Morgan fingerprint density at radius 1 is 1.27 bits per heavy atom. The van der Waals surface area contributed by atoms with E-state index in [1.54, 1.807) is 0 Å². The van der Waals surface area contributed by atoms with Gasteiger partial charge in [-0.15, -0.1) is 0 Å². The Bertz CT molecular complexity index is 130. The van der Waals surface area contributed by atoms with Crippen LogP contribution in [-0.2, 0) is 0 Å². The summed E-state index contributed by atoms with van der Waals surface area (Å²) in [4.78, 5) is 3.39. The zero-order chi connectivity index (χ0) is 8.10. The highest BCUT2D eigenvalue weighted by molar-refractivity contribution is 7.80. The maximum atomic E-state index is 5.42. The van der Waals surface area contributed by atoms with E-state index in [1.807, 2.05) is 0 Å². The molecule has 3 heteroatoms. The molecule has 0 unspecified atom stereocenters. The van der Waals surface area contributed by atoms with Crippen molar-refractivity contribution >= 4 is 17.1 Å². The number of hydrogen-bond acceptors (Lipinski definition) is 3. The molecule has 2 nitrogen and oxygen atoms in total. The predicted molar refractivity (Wildman–Crippen MR) is 51.9 cm³/mol. The van der Waals surface area contributed by atoms with Crippen molar-refractivity contribution < 1.29 is 0 Å². The van der Waals surface area contributed by atoms with Crippen molar-refractivity contribution in [2.24, 2.45) is 5.73 Å². The minimum absolute atomic E-state index is 0.561. The average Bonchev–Trinajstić information content (AvgIpc) is 2.06. The summed E-state index contributed by atoms with van der Waals surface area (Å²) in [7, 11) is 0. The molecule has 2 N–H and O–H groups in total. The van der Waals surface area contributed by atoms with Gasteiger partial charge in [0.2, 0.25) is 0 Å². The van der Waals surface area contributed by atoms with Gasteiger partial charge in [-0.1, -0.05) is 18.6 Å². The van der Waals surface area contributed by atoms with Crippen LogP contribution in [0.3, 0.4) is 0 Å². The molecule has 0 aromatic heterocycles. The third-order valence-electron chi connectivity index (χ3n) is 2.08. The van der Waals surface area contributed by atoms with Gasteiger partial charge in [0.25, 0.3) is 0 Å². The van der Waals surface area contributed by atoms with Gasteiger partial charge in [-0.2, -0.15) is 0 Å². The first kappa shape index (κ1) is 9.10. The summed E-state index contributed by atoms with van der Waals surface area (Å²) in [6.45, 7) is 3.91. The number of nitrogens with zero attached hydrogens (tertiary/aromatic N) is 1. The van der Waals surface area contributed by atoms with Gasteiger partial charge in [0, 0.05) is 18.0 Å². The van der Waals surface area contributed by atoms with Crippen LogP contribution in [0.5, 0.6) is 0 Å². The van der Waals surface area contributed by atoms with E-state index < -0.39 is 0 Å². The zero-order valence-corrected chi connectivity index (χ0v) is 7.70. The first-order chi connectivity index (χ1) is 5.33. The molecule has 0 aromatic rings. The first-order valence-corrected chi connectivity index (χ1v) is 4.68. The monoisotopic (exact) mass is 172 g/mol. The number of thiocarbonyl (C=S) groups is 1. The van der Waals surface area contributed by atoms with E-state index in [2.05, 4.69) is 4.90 Å². The molecule has 0 aliphatic carbocycles. The van der Waals surface area contributed by atoms with Crippen molar-refractivity contribution in [1.29, 1.82) is 0 Å². The van der Waals surface area contributed by atoms with Crippen molar-refractivity contribution in [2.75, 3.05) is 26.2 Å². The summed E-state index contributed by atoms with van der Waals surface area (Å²) < 4.78 is 0. The molecule has 1 fully saturated rings. The van der Waals surface area contributed by atoms with Gasteiger partial charge >= 0.3 is 0 Å². The van der Waals surface area contributed by atoms with Crippen molar-refractivity contribution in [1.82, 2.24) is 4.90 Å². The van der Waals surface area contributed by atoms with Crippen LogP contribution in [0.4, 0.5) is 0 Å². The SMILES string of the molecule is NCC(=S)CN1CCCCC1. The van der Waals surface area contributed by atoms with E-state index in [-0.39, 0.29) is 0 Å². The molecule has 1 aliphatic rings. The molecule has 1 aliphatic heterocycles. The molecule has 0 amide bonds. The summed E-state index contributed by atoms with van der Waals surface area (Å²) in [5, 5.41) is 0. The van der Waals surface area contributed by atoms with E-state index in [4.69, 9.17) is 18.0 Å². The number of piperidine rings is 1. The van der Waals surface area contributed by atoms with Crippen LogP contribution < -0.4 is 5.73 Å². The second-order valence-corrected chi connectivity index (χ2v) is 3.66. The van der Waals surface area contributed by atoms with Crippen LogP contribution in [0.15, 0.2) is 0 Å². The second-order valence-electron chi connectivity index (χ2n) is 3.08. The third-order valence-corrected chi connectivity index (χ3v) is 2.37. The lowest BCUT2D eigenvalue weighted by Gasteiger charge is -2.26. The Hall–Kier alpha value is 0.01000. The Kier molecular flexibility index (Phi) is 3.97. The van der Waals surface area contributed by atoms with Crippen molar-refractivity contribution in [2.45, 2.75) is 19.3 Å². The van der Waals surface area contributed by atoms with E-state index in [0.717, 1.165) is 11.4 Å². The van der Waals surface area contributed by atoms with Crippen LogP contribution in [0, 0.1) is 0 Å². The van der Waals surface area contributed by atoms with Crippen molar-refractivity contribution in [3.05, 3.63) is 0 Å². The standard InChI is InChI=1S/C8H16N2S/c9-6-8(11)7-10-4-2-1-3-5-10/h1-7,9H2. The molecule has 0 atom stereocenters. The molecule has 0 bridgehead atoms. The summed E-state index contributed by atoms with van der Waals surface area (Å²) in [5.41, 5.74) is 5.42. The fourth-order valence-corrected chi connectivity index (χ4v) is 1.61. The largest absolute Gasteiger partial charge is 0.326 e. The minimum Gasteiger partial charge on any atom is -0.326 e. The molecule has 64 valence electrons. The normalized spacial score (nSPS) is 20.1. The molecule has 1 rings (SSSR count). The fourth-order valence-electron chi connectivity index (χ4n) is 1.43. The van der Waals surface area contributed by atoms with Gasteiger partial charge < -0.3 is 5.73 Å². The van der Waals surface area contributed by atoms with E-state index >= 15 is 0 Å². The smallest absolute Gasteiger partial charge is 0.0310 e. The molecule has 0 radical (unpaired) electrons. The lowest BCUT2D eigenvalue weighted by Crippen LogP contribution is -2.35. The van der Waals surface area contributed by atoms with E-state index in [9.17, 15) is 0 Å². The zero-order valence-electron chi connectivity index (χ0n) is 6.88. The lowest BCUT2D eigenvalue weighted by molar-refractivity contribution is 0.259. The molecule has 0 saturated carbocycles. The van der Waals surface area contributed by atoms with Crippen LogP contribution in [0.2, 0.25) is 0 Å². The lowest BCUT2D eigenvalue weighted by atomic mass is 10.1. The molecule has 11 heavy (non-hydrogen) atoms. The van der Waals surface area contributed by atoms with Crippen LogP contribution in [-0.4, -0.2) is 35.9 Å². The van der Waals surface area contributed by atoms with Gasteiger partial charge in [0.15, 0.2) is 0 Å². The highest BCUT2D eigenvalue weighted by Gasteiger charge is 2.10. The van der Waals surface area contributed by atoms with Gasteiger partial charge in [-0.3, -0.25) is 4.90 Å². The molecule has 1 saturated heterocycles. The topological polar surface area (TPSA) is 29.3 Å². The third kappa shape index (κ3) is 3.27. The number of hydrogen-bond donors (Lipinski definition) is 1. The summed E-state index contributed by atoms with van der Waals surface area (Å²) in [6, 6.07) is 0. The van der Waals surface area contributed by atoms with Gasteiger partial charge in [0.1, 0.15) is 0 Å². The average molecular weight is 172 g/mol. The Morgan fingerprint density at radius 2 is 1.91 bits per heavy atom. The quantitative estimate of drug-likeness (QED) is 0.639.